The monoisotopic (exact) mass is 452 g/mol. The van der Waals surface area contributed by atoms with E-state index in [1.807, 2.05) is 74.5 Å². The SMILES string of the molecule is Cc1cc(/C=C2\SC(=O)N(CCOc3ccccc3)C2=O)c(C)n1-c1ccc(Cl)cc1. The van der Waals surface area contributed by atoms with E-state index in [2.05, 4.69) is 4.57 Å². The second kappa shape index (κ2) is 9.04. The summed E-state index contributed by atoms with van der Waals surface area (Å²) in [5.41, 5.74) is 3.91. The van der Waals surface area contributed by atoms with Crippen LogP contribution < -0.4 is 4.74 Å². The zero-order chi connectivity index (χ0) is 22.0. The quantitative estimate of drug-likeness (QED) is 0.439. The van der Waals surface area contributed by atoms with E-state index in [-0.39, 0.29) is 24.3 Å². The van der Waals surface area contributed by atoms with Crippen LogP contribution in [0.2, 0.25) is 5.02 Å². The molecule has 0 unspecified atom stereocenters. The van der Waals surface area contributed by atoms with Gasteiger partial charge >= 0.3 is 0 Å². The summed E-state index contributed by atoms with van der Waals surface area (Å²) in [6, 6.07) is 18.9. The molecule has 2 aromatic carbocycles. The lowest BCUT2D eigenvalue weighted by atomic mass is 10.2. The van der Waals surface area contributed by atoms with Gasteiger partial charge in [0.25, 0.3) is 11.1 Å². The van der Waals surface area contributed by atoms with Crippen molar-refractivity contribution in [2.24, 2.45) is 0 Å². The highest BCUT2D eigenvalue weighted by Gasteiger charge is 2.35. The van der Waals surface area contributed by atoms with Gasteiger partial charge in [0.2, 0.25) is 0 Å². The number of amides is 2. The van der Waals surface area contributed by atoms with Crippen LogP contribution in [-0.2, 0) is 4.79 Å². The van der Waals surface area contributed by atoms with Crippen LogP contribution in [-0.4, -0.2) is 33.8 Å². The number of rotatable bonds is 6. The second-order valence-corrected chi connectivity index (χ2v) is 8.56. The molecule has 0 bridgehead atoms. The standard InChI is InChI=1S/C24H21ClN2O3S/c1-16-14-18(17(2)27(16)20-10-8-19(25)9-11-20)15-22-23(28)26(24(29)31-22)12-13-30-21-6-4-3-5-7-21/h3-11,14-15H,12-13H2,1-2H3/b22-15-. The molecule has 1 aliphatic rings. The summed E-state index contributed by atoms with van der Waals surface area (Å²) in [4.78, 5) is 26.9. The molecule has 1 aromatic heterocycles. The van der Waals surface area contributed by atoms with Crippen molar-refractivity contribution in [3.8, 4) is 11.4 Å². The summed E-state index contributed by atoms with van der Waals surface area (Å²) in [6.45, 7) is 4.46. The summed E-state index contributed by atoms with van der Waals surface area (Å²) in [5, 5.41) is 0.399. The zero-order valence-electron chi connectivity index (χ0n) is 17.2. The lowest BCUT2D eigenvalue weighted by Gasteiger charge is -2.13. The van der Waals surface area contributed by atoms with Gasteiger partial charge in [0, 0.05) is 22.1 Å². The molecule has 1 saturated heterocycles. The number of hydrogen-bond acceptors (Lipinski definition) is 4. The highest BCUT2D eigenvalue weighted by Crippen LogP contribution is 2.33. The minimum Gasteiger partial charge on any atom is -0.492 e. The Morgan fingerprint density at radius 3 is 2.45 bits per heavy atom. The second-order valence-electron chi connectivity index (χ2n) is 7.13. The highest BCUT2D eigenvalue weighted by atomic mass is 35.5. The molecule has 7 heteroatoms. The number of aryl methyl sites for hydroxylation is 1. The third-order valence-corrected chi connectivity index (χ3v) is 6.20. The summed E-state index contributed by atoms with van der Waals surface area (Å²) < 4.78 is 7.72. The van der Waals surface area contributed by atoms with E-state index in [4.69, 9.17) is 16.3 Å². The maximum atomic E-state index is 12.8. The van der Waals surface area contributed by atoms with Crippen LogP contribution in [0.5, 0.6) is 5.75 Å². The predicted octanol–water partition coefficient (Wildman–Crippen LogP) is 5.86. The van der Waals surface area contributed by atoms with E-state index in [9.17, 15) is 9.59 Å². The van der Waals surface area contributed by atoms with Crippen molar-refractivity contribution in [3.63, 3.8) is 0 Å². The molecule has 2 amide bonds. The number of ether oxygens (including phenoxy) is 1. The Kier molecular flexibility index (Phi) is 6.20. The van der Waals surface area contributed by atoms with Crippen molar-refractivity contribution >= 4 is 40.6 Å². The number of thioether (sulfide) groups is 1. The van der Waals surface area contributed by atoms with Gasteiger partial charge in [-0.25, -0.2) is 0 Å². The fourth-order valence-corrected chi connectivity index (χ4v) is 4.51. The normalized spacial score (nSPS) is 15.2. The fourth-order valence-electron chi connectivity index (χ4n) is 3.53. The lowest BCUT2D eigenvalue weighted by Crippen LogP contribution is -2.32. The molecule has 1 aliphatic heterocycles. The Hall–Kier alpha value is -2.96. The van der Waals surface area contributed by atoms with E-state index in [1.54, 1.807) is 6.08 Å². The smallest absolute Gasteiger partial charge is 0.293 e. The Morgan fingerprint density at radius 2 is 1.74 bits per heavy atom. The van der Waals surface area contributed by atoms with Gasteiger partial charge < -0.3 is 9.30 Å². The number of para-hydroxylation sites is 1. The van der Waals surface area contributed by atoms with Gasteiger partial charge in [-0.05, 0) is 79.7 Å². The predicted molar refractivity (Wildman–Crippen MR) is 125 cm³/mol. The molecule has 4 rings (SSSR count). The van der Waals surface area contributed by atoms with E-state index in [1.165, 1.54) is 4.90 Å². The van der Waals surface area contributed by atoms with Crippen LogP contribution in [0, 0.1) is 13.8 Å². The van der Waals surface area contributed by atoms with Crippen molar-refractivity contribution < 1.29 is 14.3 Å². The van der Waals surface area contributed by atoms with Crippen LogP contribution in [0.1, 0.15) is 17.0 Å². The molecule has 0 saturated carbocycles. The summed E-state index contributed by atoms with van der Waals surface area (Å²) in [7, 11) is 0. The zero-order valence-corrected chi connectivity index (χ0v) is 18.7. The van der Waals surface area contributed by atoms with Crippen LogP contribution in [0.4, 0.5) is 4.79 Å². The first-order valence-electron chi connectivity index (χ1n) is 9.82. The molecular weight excluding hydrogens is 432 g/mol. The number of aromatic nitrogens is 1. The maximum Gasteiger partial charge on any atom is 0.293 e. The highest BCUT2D eigenvalue weighted by molar-refractivity contribution is 8.18. The third kappa shape index (κ3) is 4.55. The molecule has 0 N–H and O–H groups in total. The molecule has 31 heavy (non-hydrogen) atoms. The van der Waals surface area contributed by atoms with Gasteiger partial charge in [-0.3, -0.25) is 14.5 Å². The van der Waals surface area contributed by atoms with Gasteiger partial charge in [-0.15, -0.1) is 0 Å². The number of halogens is 1. The number of imide groups is 1. The lowest BCUT2D eigenvalue weighted by molar-refractivity contribution is -0.123. The van der Waals surface area contributed by atoms with Crippen LogP contribution in [0.3, 0.4) is 0 Å². The van der Waals surface area contributed by atoms with Crippen molar-refractivity contribution in [1.29, 1.82) is 0 Å². The maximum absolute atomic E-state index is 12.8. The van der Waals surface area contributed by atoms with E-state index in [0.717, 1.165) is 34.4 Å². The molecule has 5 nitrogen and oxygen atoms in total. The first-order chi connectivity index (χ1) is 14.9. The minimum absolute atomic E-state index is 0.209. The van der Waals surface area contributed by atoms with Crippen LogP contribution in [0.25, 0.3) is 11.8 Å². The molecule has 0 radical (unpaired) electrons. The molecule has 0 atom stereocenters. The Morgan fingerprint density at radius 1 is 1.03 bits per heavy atom. The van der Waals surface area contributed by atoms with Crippen molar-refractivity contribution in [2.75, 3.05) is 13.2 Å². The van der Waals surface area contributed by atoms with E-state index in [0.29, 0.717) is 15.7 Å². The number of carbonyl (C=O) groups is 2. The van der Waals surface area contributed by atoms with Gasteiger partial charge in [0.1, 0.15) is 12.4 Å². The van der Waals surface area contributed by atoms with Crippen molar-refractivity contribution in [3.05, 3.63) is 87.5 Å². The first kappa shape index (κ1) is 21.3. The molecule has 1 fully saturated rings. The Bertz CT molecular complexity index is 1150. The Labute approximate surface area is 190 Å². The average Bonchev–Trinajstić information content (AvgIpc) is 3.19. The van der Waals surface area contributed by atoms with Gasteiger partial charge in [0.05, 0.1) is 11.4 Å². The first-order valence-corrected chi connectivity index (χ1v) is 11.0. The molecule has 3 aromatic rings. The number of benzene rings is 2. The largest absolute Gasteiger partial charge is 0.492 e. The minimum atomic E-state index is -0.289. The van der Waals surface area contributed by atoms with Crippen LogP contribution >= 0.6 is 23.4 Å². The van der Waals surface area contributed by atoms with Gasteiger partial charge in [-0.1, -0.05) is 29.8 Å². The molecule has 0 aliphatic carbocycles. The van der Waals surface area contributed by atoms with E-state index < -0.39 is 0 Å². The molecule has 0 spiro atoms. The van der Waals surface area contributed by atoms with Crippen molar-refractivity contribution in [2.45, 2.75) is 13.8 Å². The summed E-state index contributed by atoms with van der Waals surface area (Å²) in [5.74, 6) is 0.419. The van der Waals surface area contributed by atoms with Gasteiger partial charge in [-0.2, -0.15) is 0 Å². The molecule has 2 heterocycles. The van der Waals surface area contributed by atoms with Crippen molar-refractivity contribution in [1.82, 2.24) is 9.47 Å². The van der Waals surface area contributed by atoms with E-state index >= 15 is 0 Å². The fraction of sp³-hybridized carbons (Fsp3) is 0.167. The number of hydrogen-bond donors (Lipinski definition) is 0. The van der Waals surface area contributed by atoms with Crippen LogP contribution in [0.15, 0.2) is 65.6 Å². The topological polar surface area (TPSA) is 51.5 Å². The molecular formula is C24H21ClN2O3S. The van der Waals surface area contributed by atoms with Gasteiger partial charge in [0.15, 0.2) is 0 Å². The summed E-state index contributed by atoms with van der Waals surface area (Å²) in [6.07, 6.45) is 1.79. The Balaban J connectivity index is 1.50. The summed E-state index contributed by atoms with van der Waals surface area (Å²) >= 11 is 6.97. The number of nitrogens with zero attached hydrogens (tertiary/aromatic N) is 2. The molecule has 158 valence electrons. The third-order valence-electron chi connectivity index (χ3n) is 5.04. The average molecular weight is 453 g/mol. The number of carbonyl (C=O) groups excluding carboxylic acids is 2.